The SMILES string of the molecule is CN=C(NCCN(C)c1ccccc1)NCc1ccc(C)s1.I. The lowest BCUT2D eigenvalue weighted by Gasteiger charge is -2.20. The van der Waals surface area contributed by atoms with Gasteiger partial charge in [-0.1, -0.05) is 18.2 Å². The molecule has 0 aliphatic heterocycles. The first kappa shape index (κ1) is 19.8. The van der Waals surface area contributed by atoms with Gasteiger partial charge in [0.15, 0.2) is 5.96 Å². The van der Waals surface area contributed by atoms with Crippen LogP contribution in [0, 0.1) is 6.92 Å². The van der Waals surface area contributed by atoms with E-state index in [9.17, 15) is 0 Å². The van der Waals surface area contributed by atoms with Gasteiger partial charge >= 0.3 is 0 Å². The number of para-hydroxylation sites is 1. The minimum absolute atomic E-state index is 0. The number of nitrogens with one attached hydrogen (secondary N) is 2. The number of thiophene rings is 1. The number of benzene rings is 1. The zero-order valence-corrected chi connectivity index (χ0v) is 17.0. The molecule has 4 nitrogen and oxygen atoms in total. The maximum absolute atomic E-state index is 4.26. The number of hydrogen-bond donors (Lipinski definition) is 2. The number of aryl methyl sites for hydroxylation is 1. The number of anilines is 1. The summed E-state index contributed by atoms with van der Waals surface area (Å²) in [6.07, 6.45) is 0. The average molecular weight is 444 g/mol. The van der Waals surface area contributed by atoms with Gasteiger partial charge in [-0.2, -0.15) is 0 Å². The average Bonchev–Trinajstić information content (AvgIpc) is 2.96. The topological polar surface area (TPSA) is 39.7 Å². The summed E-state index contributed by atoms with van der Waals surface area (Å²) in [4.78, 5) is 9.14. The number of aliphatic imine (C=N–C) groups is 1. The Kier molecular flexibility index (Phi) is 9.01. The Bertz CT molecular complexity index is 598. The van der Waals surface area contributed by atoms with Crippen molar-refractivity contribution in [1.82, 2.24) is 10.6 Å². The van der Waals surface area contributed by atoms with E-state index in [2.05, 4.69) is 70.9 Å². The highest BCUT2D eigenvalue weighted by Crippen LogP contribution is 2.14. The molecular formula is C17H25IN4S. The van der Waals surface area contributed by atoms with Crippen LogP contribution >= 0.6 is 35.3 Å². The third-order valence-corrected chi connectivity index (χ3v) is 4.39. The first-order chi connectivity index (χ1) is 10.7. The standard InChI is InChI=1S/C17H24N4S.HI/c1-14-9-10-16(22-14)13-20-17(18-2)19-11-12-21(3)15-7-5-4-6-8-15;/h4-10H,11-13H2,1-3H3,(H2,18,19,20);1H. The summed E-state index contributed by atoms with van der Waals surface area (Å²) in [5, 5.41) is 6.69. The summed E-state index contributed by atoms with van der Waals surface area (Å²) in [6.45, 7) is 4.70. The molecule has 0 saturated heterocycles. The second-order valence-corrected chi connectivity index (χ2v) is 6.49. The van der Waals surface area contributed by atoms with E-state index in [0.717, 1.165) is 25.6 Å². The fourth-order valence-electron chi connectivity index (χ4n) is 2.13. The van der Waals surface area contributed by atoms with Gasteiger partial charge in [-0.05, 0) is 31.2 Å². The van der Waals surface area contributed by atoms with Crippen molar-refractivity contribution in [2.24, 2.45) is 4.99 Å². The summed E-state index contributed by atoms with van der Waals surface area (Å²) in [5.74, 6) is 0.840. The molecule has 2 aromatic rings. The third-order valence-electron chi connectivity index (χ3n) is 3.39. The maximum Gasteiger partial charge on any atom is 0.191 e. The zero-order valence-electron chi connectivity index (χ0n) is 13.9. The van der Waals surface area contributed by atoms with Crippen LogP contribution in [0.15, 0.2) is 47.5 Å². The van der Waals surface area contributed by atoms with E-state index >= 15 is 0 Å². The lowest BCUT2D eigenvalue weighted by Crippen LogP contribution is -2.40. The smallest absolute Gasteiger partial charge is 0.191 e. The Morgan fingerprint density at radius 3 is 2.48 bits per heavy atom. The molecule has 0 saturated carbocycles. The van der Waals surface area contributed by atoms with Crippen LogP contribution in [0.3, 0.4) is 0 Å². The van der Waals surface area contributed by atoms with Crippen LogP contribution in [0.4, 0.5) is 5.69 Å². The van der Waals surface area contributed by atoms with Crippen LogP contribution in [-0.4, -0.2) is 33.1 Å². The summed E-state index contributed by atoms with van der Waals surface area (Å²) in [5.41, 5.74) is 1.22. The molecule has 0 aliphatic rings. The van der Waals surface area contributed by atoms with Gasteiger partial charge in [-0.25, -0.2) is 0 Å². The largest absolute Gasteiger partial charge is 0.373 e. The molecule has 0 spiro atoms. The molecule has 0 amide bonds. The number of hydrogen-bond acceptors (Lipinski definition) is 3. The molecular weight excluding hydrogens is 419 g/mol. The van der Waals surface area contributed by atoms with Crippen LogP contribution < -0.4 is 15.5 Å². The number of rotatable bonds is 6. The predicted molar refractivity (Wildman–Crippen MR) is 112 cm³/mol. The van der Waals surface area contributed by atoms with Gasteiger partial charge in [-0.15, -0.1) is 35.3 Å². The lowest BCUT2D eigenvalue weighted by molar-refractivity contribution is 0.780. The number of guanidine groups is 1. The Morgan fingerprint density at radius 2 is 1.87 bits per heavy atom. The number of halogens is 1. The minimum Gasteiger partial charge on any atom is -0.373 e. The molecule has 0 bridgehead atoms. The van der Waals surface area contributed by atoms with E-state index in [0.29, 0.717) is 0 Å². The van der Waals surface area contributed by atoms with Gasteiger partial charge in [0.1, 0.15) is 0 Å². The molecule has 2 N–H and O–H groups in total. The van der Waals surface area contributed by atoms with Crippen LogP contribution in [0.25, 0.3) is 0 Å². The normalized spacial score (nSPS) is 10.8. The third kappa shape index (κ3) is 6.78. The first-order valence-electron chi connectivity index (χ1n) is 7.45. The van der Waals surface area contributed by atoms with Crippen LogP contribution in [-0.2, 0) is 6.54 Å². The van der Waals surface area contributed by atoms with Crippen LogP contribution in [0.5, 0.6) is 0 Å². The molecule has 0 aliphatic carbocycles. The van der Waals surface area contributed by atoms with Gasteiger partial charge in [0.25, 0.3) is 0 Å². The molecule has 1 aromatic heterocycles. The highest BCUT2D eigenvalue weighted by molar-refractivity contribution is 14.0. The van der Waals surface area contributed by atoms with Crippen molar-refractivity contribution >= 4 is 47.0 Å². The molecule has 0 atom stereocenters. The molecule has 0 unspecified atom stereocenters. The minimum atomic E-state index is 0. The van der Waals surface area contributed by atoms with Gasteiger partial charge in [-0.3, -0.25) is 4.99 Å². The molecule has 0 fully saturated rings. The van der Waals surface area contributed by atoms with Crippen molar-refractivity contribution in [2.75, 3.05) is 32.1 Å². The van der Waals surface area contributed by atoms with Crippen molar-refractivity contribution in [3.63, 3.8) is 0 Å². The first-order valence-corrected chi connectivity index (χ1v) is 8.26. The van der Waals surface area contributed by atoms with Crippen molar-refractivity contribution in [3.05, 3.63) is 52.2 Å². The molecule has 126 valence electrons. The quantitative estimate of drug-likeness (QED) is 0.407. The highest BCUT2D eigenvalue weighted by atomic mass is 127. The Labute approximate surface area is 160 Å². The summed E-state index contributed by atoms with van der Waals surface area (Å²) < 4.78 is 0. The van der Waals surface area contributed by atoms with Gasteiger partial charge in [0.05, 0.1) is 6.54 Å². The van der Waals surface area contributed by atoms with Crippen LogP contribution in [0.2, 0.25) is 0 Å². The van der Waals surface area contributed by atoms with Crippen molar-refractivity contribution in [3.8, 4) is 0 Å². The fourth-order valence-corrected chi connectivity index (χ4v) is 2.96. The second kappa shape index (κ2) is 10.5. The fraction of sp³-hybridized carbons (Fsp3) is 0.353. The van der Waals surface area contributed by atoms with Gasteiger partial charge in [0.2, 0.25) is 0 Å². The number of nitrogens with zero attached hydrogens (tertiary/aromatic N) is 2. The molecule has 6 heteroatoms. The Balaban J connectivity index is 0.00000264. The molecule has 23 heavy (non-hydrogen) atoms. The van der Waals surface area contributed by atoms with Crippen molar-refractivity contribution in [1.29, 1.82) is 0 Å². The van der Waals surface area contributed by atoms with Crippen molar-refractivity contribution in [2.45, 2.75) is 13.5 Å². The van der Waals surface area contributed by atoms with E-state index < -0.39 is 0 Å². The van der Waals surface area contributed by atoms with Crippen LogP contribution in [0.1, 0.15) is 9.75 Å². The molecule has 1 aromatic carbocycles. The van der Waals surface area contributed by atoms with E-state index in [1.165, 1.54) is 15.4 Å². The lowest BCUT2D eigenvalue weighted by atomic mass is 10.3. The van der Waals surface area contributed by atoms with E-state index in [1.807, 2.05) is 17.4 Å². The summed E-state index contributed by atoms with van der Waals surface area (Å²) >= 11 is 1.81. The van der Waals surface area contributed by atoms with Gasteiger partial charge in [0, 0.05) is 42.6 Å². The Hall–Kier alpha value is -1.28. The van der Waals surface area contributed by atoms with E-state index in [-0.39, 0.29) is 24.0 Å². The maximum atomic E-state index is 4.26. The highest BCUT2D eigenvalue weighted by Gasteiger charge is 2.02. The summed E-state index contributed by atoms with van der Waals surface area (Å²) in [7, 11) is 3.90. The van der Waals surface area contributed by atoms with Gasteiger partial charge < -0.3 is 15.5 Å². The molecule has 0 radical (unpaired) electrons. The van der Waals surface area contributed by atoms with E-state index in [1.54, 1.807) is 7.05 Å². The second-order valence-electron chi connectivity index (χ2n) is 5.12. The Morgan fingerprint density at radius 1 is 1.13 bits per heavy atom. The van der Waals surface area contributed by atoms with Crippen molar-refractivity contribution < 1.29 is 0 Å². The van der Waals surface area contributed by atoms with E-state index in [4.69, 9.17) is 0 Å². The summed E-state index contributed by atoms with van der Waals surface area (Å²) in [6, 6.07) is 14.7. The molecule has 1 heterocycles. The predicted octanol–water partition coefficient (Wildman–Crippen LogP) is 3.48. The monoisotopic (exact) mass is 444 g/mol. The zero-order chi connectivity index (χ0) is 15.8. The molecule has 2 rings (SSSR count). The number of likely N-dealkylation sites (N-methyl/N-ethyl adjacent to an activating group) is 1.